The quantitative estimate of drug-likeness (QED) is 0.407. The maximum absolute atomic E-state index is 12.1. The third-order valence-corrected chi connectivity index (χ3v) is 3.38. The average Bonchev–Trinajstić information content (AvgIpc) is 3.11. The number of carbonyl (C=O) groups excluding carboxylic acids is 1. The van der Waals surface area contributed by atoms with Gasteiger partial charge < -0.3 is 19.3 Å². The van der Waals surface area contributed by atoms with Crippen LogP contribution in [0.15, 0.2) is 59.0 Å². The van der Waals surface area contributed by atoms with E-state index < -0.39 is 0 Å². The second-order valence-corrected chi connectivity index (χ2v) is 5.13. The second-order valence-electron chi connectivity index (χ2n) is 5.13. The smallest absolute Gasteiger partial charge is 0.665 e. The summed E-state index contributed by atoms with van der Waals surface area (Å²) in [5, 5.41) is 6.76. The summed E-state index contributed by atoms with van der Waals surface area (Å²) in [7, 11) is 0. The Labute approximate surface area is 232 Å². The van der Waals surface area contributed by atoms with E-state index in [0.717, 1.165) is 11.1 Å². The van der Waals surface area contributed by atoms with Crippen molar-refractivity contribution >= 4 is 12.3 Å². The van der Waals surface area contributed by atoms with Gasteiger partial charge in [0.2, 0.25) is 0 Å². The predicted octanol–water partition coefficient (Wildman–Crippen LogP) is 0.753. The number of nitrogens with zero attached hydrogens (tertiary/aromatic N) is 1. The van der Waals surface area contributed by atoms with Gasteiger partial charge in [-0.2, -0.15) is 24.6 Å². The molecule has 0 unspecified atom stereocenters. The molecule has 1 aromatic heterocycles. The summed E-state index contributed by atoms with van der Waals surface area (Å²) in [4.78, 5) is 24.5. The van der Waals surface area contributed by atoms with Gasteiger partial charge in [0.05, 0.1) is 5.89 Å². The molecule has 0 aliphatic rings. The number of carbonyl (C=O) groups is 1. The minimum absolute atomic E-state index is 0. The molecule has 0 atom stereocenters. The van der Waals surface area contributed by atoms with Crippen LogP contribution in [-0.4, -0.2) is 22.3 Å². The number of hydrogen-bond donors (Lipinski definition) is 1. The van der Waals surface area contributed by atoms with Gasteiger partial charge in [-0.15, -0.1) is 18.3 Å². The molecular formula is C20H16NO4RbY-2. The van der Waals surface area contributed by atoms with E-state index in [1.54, 1.807) is 12.1 Å². The van der Waals surface area contributed by atoms with Crippen LogP contribution in [0.5, 0.6) is 0 Å². The van der Waals surface area contributed by atoms with Gasteiger partial charge in [-0.3, -0.25) is 4.79 Å². The SMILES string of the molecule is O=[C-]O.[CH2-]c1ccc(C(=O)CCc2[c-]nc(-c3ccccc3)o2)cc1.[Rb+].[Y]. The molecule has 1 heterocycles. The molecule has 2 aromatic carbocycles. The van der Waals surface area contributed by atoms with Gasteiger partial charge in [-0.25, -0.2) is 0 Å². The second kappa shape index (κ2) is 14.6. The number of ketones is 1. The number of aliphatic hydroxyl groups excluding tert-OH is 1. The molecular weight excluding hydrogens is 493 g/mol. The van der Waals surface area contributed by atoms with Gasteiger partial charge in [-0.05, 0) is 17.5 Å². The Hall–Kier alpha value is -0.431. The zero-order valence-electron chi connectivity index (χ0n) is 15.0. The molecule has 0 aliphatic carbocycles. The Kier molecular flexibility index (Phi) is 14.3. The summed E-state index contributed by atoms with van der Waals surface area (Å²) in [6.45, 7) is 4.31. The molecule has 0 amide bonds. The number of benzene rings is 2. The molecule has 0 saturated heterocycles. The molecule has 0 spiro atoms. The molecule has 1 radical (unpaired) electrons. The minimum Gasteiger partial charge on any atom is -0.665 e. The van der Waals surface area contributed by atoms with Crippen molar-refractivity contribution in [2.45, 2.75) is 12.8 Å². The molecule has 131 valence electrons. The first-order valence-corrected chi connectivity index (χ1v) is 7.53. The molecule has 1 N–H and O–H groups in total. The molecule has 3 rings (SSSR count). The Morgan fingerprint density at radius 3 is 2.33 bits per heavy atom. The fourth-order valence-electron chi connectivity index (χ4n) is 2.15. The molecule has 0 bridgehead atoms. The summed E-state index contributed by atoms with van der Waals surface area (Å²) < 4.78 is 5.65. The van der Waals surface area contributed by atoms with Crippen molar-refractivity contribution in [2.24, 2.45) is 0 Å². The van der Waals surface area contributed by atoms with Crippen LogP contribution in [-0.2, 0) is 43.9 Å². The van der Waals surface area contributed by atoms with Crippen molar-refractivity contribution < 1.29 is 110 Å². The van der Waals surface area contributed by atoms with E-state index in [1.807, 2.05) is 42.5 Å². The van der Waals surface area contributed by atoms with Crippen molar-refractivity contribution in [3.63, 3.8) is 0 Å². The van der Waals surface area contributed by atoms with E-state index in [2.05, 4.69) is 18.1 Å². The van der Waals surface area contributed by atoms with Crippen molar-refractivity contribution in [2.75, 3.05) is 0 Å². The topological polar surface area (TPSA) is 80.4 Å². The van der Waals surface area contributed by atoms with Gasteiger partial charge in [0, 0.05) is 44.9 Å². The van der Waals surface area contributed by atoms with Crippen LogP contribution in [0, 0.1) is 13.1 Å². The van der Waals surface area contributed by atoms with Gasteiger partial charge in [-0.1, -0.05) is 36.8 Å². The van der Waals surface area contributed by atoms with Gasteiger partial charge >= 0.3 is 58.2 Å². The number of oxazole rings is 1. The van der Waals surface area contributed by atoms with Gasteiger partial charge in [0.25, 0.3) is 0 Å². The van der Waals surface area contributed by atoms with Gasteiger partial charge in [0.1, 0.15) is 0 Å². The Bertz CT molecular complexity index is 820. The zero-order valence-corrected chi connectivity index (χ0v) is 22.8. The third kappa shape index (κ3) is 9.07. The van der Waals surface area contributed by atoms with Crippen LogP contribution in [0.25, 0.3) is 11.5 Å². The fraction of sp³-hybridized carbons (Fsp3) is 0.100. The van der Waals surface area contributed by atoms with Crippen molar-refractivity contribution in [3.8, 4) is 11.5 Å². The first kappa shape index (κ1) is 26.6. The number of Topliss-reactive ketones (excluding diaryl/α,β-unsaturated/α-hetero) is 1. The fourth-order valence-corrected chi connectivity index (χ4v) is 2.15. The van der Waals surface area contributed by atoms with E-state index in [-0.39, 0.29) is 96.7 Å². The number of aryl methyl sites for hydroxylation is 1. The summed E-state index contributed by atoms with van der Waals surface area (Å²) in [5.74, 6) is 1.21. The predicted molar refractivity (Wildman–Crippen MR) is 92.6 cm³/mol. The third-order valence-electron chi connectivity index (χ3n) is 3.38. The normalized spacial score (nSPS) is 9.04. The molecule has 0 saturated carbocycles. The maximum Gasteiger partial charge on any atom is 1.00 e. The van der Waals surface area contributed by atoms with Gasteiger partial charge in [0.15, 0.2) is 5.78 Å². The Balaban J connectivity index is 0.00000127. The van der Waals surface area contributed by atoms with Crippen LogP contribution >= 0.6 is 0 Å². The summed E-state index contributed by atoms with van der Waals surface area (Å²) in [6.07, 6.45) is 3.70. The van der Waals surface area contributed by atoms with Crippen LogP contribution in [0.4, 0.5) is 0 Å². The standard InChI is InChI=1S/C19H15NO2.CHO2.Rb.Y/c1-14-7-9-15(10-8-14)18(21)12-11-17-13-20-19(22-17)16-5-3-2-4-6-16;2-1-3;;/h2-10H,1,11-12H2;(H,2,3);;/q-2;-1;+1;. The van der Waals surface area contributed by atoms with Crippen molar-refractivity contribution in [1.29, 1.82) is 0 Å². The first-order chi connectivity index (χ1) is 12.1. The van der Waals surface area contributed by atoms with E-state index in [9.17, 15) is 4.79 Å². The summed E-state index contributed by atoms with van der Waals surface area (Å²) in [5.41, 5.74) is 2.49. The summed E-state index contributed by atoms with van der Waals surface area (Å²) >= 11 is 0. The first-order valence-electron chi connectivity index (χ1n) is 7.53. The van der Waals surface area contributed by atoms with Crippen LogP contribution in [0.2, 0.25) is 0 Å². The molecule has 5 nitrogen and oxygen atoms in total. The summed E-state index contributed by atoms with van der Waals surface area (Å²) in [6, 6.07) is 16.9. The Morgan fingerprint density at radius 1 is 1.15 bits per heavy atom. The zero-order chi connectivity index (χ0) is 18.1. The van der Waals surface area contributed by atoms with E-state index in [1.165, 1.54) is 0 Å². The molecule has 0 aliphatic heterocycles. The number of aromatic nitrogens is 1. The average molecular weight is 509 g/mol. The monoisotopic (exact) mass is 508 g/mol. The molecule has 0 fully saturated rings. The maximum atomic E-state index is 12.1. The van der Waals surface area contributed by atoms with E-state index >= 15 is 0 Å². The molecule has 27 heavy (non-hydrogen) atoms. The number of rotatable bonds is 5. The van der Waals surface area contributed by atoms with E-state index in [4.69, 9.17) is 14.3 Å². The Morgan fingerprint density at radius 2 is 1.74 bits per heavy atom. The van der Waals surface area contributed by atoms with Crippen LogP contribution in [0.3, 0.4) is 0 Å². The minimum atomic E-state index is 0. The van der Waals surface area contributed by atoms with Crippen LogP contribution < -0.4 is 58.2 Å². The molecule has 7 heteroatoms. The van der Waals surface area contributed by atoms with Crippen molar-refractivity contribution in [3.05, 3.63) is 84.6 Å². The number of hydrogen-bond acceptors (Lipinski definition) is 4. The molecule has 3 aromatic rings. The van der Waals surface area contributed by atoms with Crippen LogP contribution in [0.1, 0.15) is 28.1 Å². The van der Waals surface area contributed by atoms with Crippen molar-refractivity contribution in [1.82, 2.24) is 4.98 Å². The van der Waals surface area contributed by atoms with E-state index in [0.29, 0.717) is 36.5 Å². The largest absolute Gasteiger partial charge is 1.00 e.